The standard InChI is InChI=1S/C19H23NO4/c1-14-7-8-17(24-14)16(21)13-20-18(22)19(9-11-23-12-10-19)15-5-3-2-4-6-15/h2-8,16,21H,9-13H2,1H3,(H,20,22)/t16-/m1/s1. The lowest BCUT2D eigenvalue weighted by Crippen LogP contribution is -2.48. The highest BCUT2D eigenvalue weighted by Gasteiger charge is 2.41. The lowest BCUT2D eigenvalue weighted by molar-refractivity contribution is -0.131. The van der Waals surface area contributed by atoms with Crippen LogP contribution in [-0.4, -0.2) is 30.8 Å². The van der Waals surface area contributed by atoms with Gasteiger partial charge >= 0.3 is 0 Å². The molecule has 2 heterocycles. The van der Waals surface area contributed by atoms with E-state index in [9.17, 15) is 9.90 Å². The number of ether oxygens (including phenoxy) is 1. The monoisotopic (exact) mass is 329 g/mol. The summed E-state index contributed by atoms with van der Waals surface area (Å²) < 4.78 is 10.9. The van der Waals surface area contributed by atoms with Gasteiger partial charge in [0.2, 0.25) is 5.91 Å². The Morgan fingerprint density at radius 1 is 1.21 bits per heavy atom. The summed E-state index contributed by atoms with van der Waals surface area (Å²) in [5.74, 6) is 1.13. The summed E-state index contributed by atoms with van der Waals surface area (Å²) in [6.07, 6.45) is 0.424. The van der Waals surface area contributed by atoms with Crippen molar-refractivity contribution >= 4 is 5.91 Å². The smallest absolute Gasteiger partial charge is 0.230 e. The fraction of sp³-hybridized carbons (Fsp3) is 0.421. The second-order valence-electron chi connectivity index (χ2n) is 6.23. The predicted molar refractivity (Wildman–Crippen MR) is 89.6 cm³/mol. The number of carbonyl (C=O) groups excluding carboxylic acids is 1. The van der Waals surface area contributed by atoms with Gasteiger partial charge in [0, 0.05) is 13.2 Å². The highest BCUT2D eigenvalue weighted by molar-refractivity contribution is 5.88. The molecule has 0 saturated carbocycles. The third-order valence-corrected chi connectivity index (χ3v) is 4.65. The molecule has 5 heteroatoms. The van der Waals surface area contributed by atoms with E-state index in [4.69, 9.17) is 9.15 Å². The van der Waals surface area contributed by atoms with Crippen molar-refractivity contribution in [1.82, 2.24) is 5.32 Å². The molecule has 1 atom stereocenters. The van der Waals surface area contributed by atoms with Crippen LogP contribution in [0.4, 0.5) is 0 Å². The van der Waals surface area contributed by atoms with E-state index in [0.717, 1.165) is 11.3 Å². The Hall–Kier alpha value is -2.11. The number of hydrogen-bond donors (Lipinski definition) is 2. The second kappa shape index (κ2) is 7.20. The van der Waals surface area contributed by atoms with E-state index in [-0.39, 0.29) is 12.5 Å². The van der Waals surface area contributed by atoms with Gasteiger partial charge in [-0.25, -0.2) is 0 Å². The van der Waals surface area contributed by atoms with Crippen LogP contribution in [0.2, 0.25) is 0 Å². The minimum atomic E-state index is -0.852. The molecule has 2 N–H and O–H groups in total. The third-order valence-electron chi connectivity index (χ3n) is 4.65. The van der Waals surface area contributed by atoms with Crippen molar-refractivity contribution in [2.75, 3.05) is 19.8 Å². The van der Waals surface area contributed by atoms with Crippen molar-refractivity contribution in [3.8, 4) is 0 Å². The van der Waals surface area contributed by atoms with Crippen LogP contribution < -0.4 is 5.32 Å². The summed E-state index contributed by atoms with van der Waals surface area (Å²) >= 11 is 0. The number of rotatable bonds is 5. The van der Waals surface area contributed by atoms with Gasteiger partial charge in [0.15, 0.2) is 0 Å². The zero-order valence-electron chi connectivity index (χ0n) is 13.8. The van der Waals surface area contributed by atoms with E-state index in [2.05, 4.69) is 5.32 Å². The molecule has 24 heavy (non-hydrogen) atoms. The fourth-order valence-corrected chi connectivity index (χ4v) is 3.22. The number of aliphatic hydroxyl groups is 1. The van der Waals surface area contributed by atoms with E-state index < -0.39 is 11.5 Å². The molecule has 128 valence electrons. The van der Waals surface area contributed by atoms with E-state index >= 15 is 0 Å². The van der Waals surface area contributed by atoms with Crippen molar-refractivity contribution < 1.29 is 19.1 Å². The van der Waals surface area contributed by atoms with E-state index in [1.807, 2.05) is 37.3 Å². The van der Waals surface area contributed by atoms with Crippen molar-refractivity contribution in [3.63, 3.8) is 0 Å². The Balaban J connectivity index is 1.72. The average molecular weight is 329 g/mol. The lowest BCUT2D eigenvalue weighted by Gasteiger charge is -2.36. The first-order valence-corrected chi connectivity index (χ1v) is 8.28. The largest absolute Gasteiger partial charge is 0.464 e. The first-order valence-electron chi connectivity index (χ1n) is 8.28. The quantitative estimate of drug-likeness (QED) is 0.884. The summed E-state index contributed by atoms with van der Waals surface area (Å²) in [5, 5.41) is 13.1. The van der Waals surface area contributed by atoms with E-state index in [1.165, 1.54) is 0 Å². The zero-order valence-corrected chi connectivity index (χ0v) is 13.8. The van der Waals surface area contributed by atoms with E-state index in [0.29, 0.717) is 31.8 Å². The molecule has 5 nitrogen and oxygen atoms in total. The van der Waals surface area contributed by atoms with Gasteiger partial charge in [-0.2, -0.15) is 0 Å². The molecule has 0 unspecified atom stereocenters. The highest BCUT2D eigenvalue weighted by atomic mass is 16.5. The van der Waals surface area contributed by atoms with Crippen molar-refractivity contribution in [1.29, 1.82) is 0 Å². The molecule has 0 spiro atoms. The predicted octanol–water partition coefficient (Wildman–Crippen LogP) is 2.49. The van der Waals surface area contributed by atoms with Crippen molar-refractivity contribution in [2.45, 2.75) is 31.3 Å². The lowest BCUT2D eigenvalue weighted by atomic mass is 9.73. The van der Waals surface area contributed by atoms with Gasteiger partial charge in [-0.1, -0.05) is 30.3 Å². The normalized spacial score (nSPS) is 18.1. The van der Waals surface area contributed by atoms with Crippen LogP contribution in [0.15, 0.2) is 46.9 Å². The average Bonchev–Trinajstić information content (AvgIpc) is 3.07. The first-order chi connectivity index (χ1) is 11.6. The van der Waals surface area contributed by atoms with Crippen LogP contribution in [-0.2, 0) is 14.9 Å². The summed E-state index contributed by atoms with van der Waals surface area (Å²) in [7, 11) is 0. The summed E-state index contributed by atoms with van der Waals surface area (Å²) in [6, 6.07) is 13.3. The Morgan fingerprint density at radius 2 is 1.92 bits per heavy atom. The van der Waals surface area contributed by atoms with E-state index in [1.54, 1.807) is 12.1 Å². The molecule has 0 radical (unpaired) electrons. The number of hydrogen-bond acceptors (Lipinski definition) is 4. The fourth-order valence-electron chi connectivity index (χ4n) is 3.22. The number of carbonyl (C=O) groups is 1. The molecule has 3 rings (SSSR count). The van der Waals surface area contributed by atoms with Gasteiger partial charge in [0.25, 0.3) is 0 Å². The van der Waals surface area contributed by atoms with Crippen LogP contribution in [0.25, 0.3) is 0 Å². The molecule has 1 aromatic carbocycles. The maximum absolute atomic E-state index is 13.0. The minimum Gasteiger partial charge on any atom is -0.464 e. The Morgan fingerprint density at radius 3 is 2.54 bits per heavy atom. The summed E-state index contributed by atoms with van der Waals surface area (Å²) in [4.78, 5) is 13.0. The molecule has 1 aliphatic rings. The molecule has 1 saturated heterocycles. The molecule has 1 aromatic heterocycles. The Bertz CT molecular complexity index is 674. The molecular weight excluding hydrogens is 306 g/mol. The highest BCUT2D eigenvalue weighted by Crippen LogP contribution is 2.35. The maximum atomic E-state index is 13.0. The second-order valence-corrected chi connectivity index (χ2v) is 6.23. The van der Waals surface area contributed by atoms with Gasteiger partial charge in [0.05, 0.1) is 12.0 Å². The minimum absolute atomic E-state index is 0.0701. The molecule has 1 fully saturated rings. The van der Waals surface area contributed by atoms with Crippen LogP contribution in [0.5, 0.6) is 0 Å². The third kappa shape index (κ3) is 3.37. The molecule has 2 aromatic rings. The molecule has 0 aliphatic carbocycles. The summed E-state index contributed by atoms with van der Waals surface area (Å²) in [5.41, 5.74) is 0.396. The number of aliphatic hydroxyl groups excluding tert-OH is 1. The number of benzene rings is 1. The number of furan rings is 1. The van der Waals surface area contributed by atoms with Gasteiger partial charge < -0.3 is 19.6 Å². The molecule has 1 aliphatic heterocycles. The topological polar surface area (TPSA) is 71.7 Å². The molecule has 1 amide bonds. The van der Waals surface area contributed by atoms with Gasteiger partial charge in [0.1, 0.15) is 17.6 Å². The van der Waals surface area contributed by atoms with Crippen LogP contribution >= 0.6 is 0 Å². The molecular formula is C19H23NO4. The first kappa shape index (κ1) is 16.7. The van der Waals surface area contributed by atoms with Gasteiger partial charge in [-0.05, 0) is 37.5 Å². The Kier molecular flexibility index (Phi) is 5.02. The number of nitrogens with one attached hydrogen (secondary N) is 1. The number of aryl methyl sites for hydroxylation is 1. The van der Waals surface area contributed by atoms with Crippen LogP contribution in [0.3, 0.4) is 0 Å². The van der Waals surface area contributed by atoms with Crippen LogP contribution in [0.1, 0.15) is 36.0 Å². The maximum Gasteiger partial charge on any atom is 0.230 e. The van der Waals surface area contributed by atoms with Crippen LogP contribution in [0, 0.1) is 6.92 Å². The van der Waals surface area contributed by atoms with Crippen molar-refractivity contribution in [3.05, 3.63) is 59.5 Å². The van der Waals surface area contributed by atoms with Gasteiger partial charge in [-0.15, -0.1) is 0 Å². The van der Waals surface area contributed by atoms with Gasteiger partial charge in [-0.3, -0.25) is 4.79 Å². The summed E-state index contributed by atoms with van der Waals surface area (Å²) in [6.45, 7) is 3.06. The molecule has 0 bridgehead atoms. The number of amides is 1. The Labute approximate surface area is 141 Å². The SMILES string of the molecule is Cc1ccc([C@H](O)CNC(=O)C2(c3ccccc3)CCOCC2)o1. The zero-order chi connectivity index (χ0) is 17.0. The van der Waals surface area contributed by atoms with Crippen molar-refractivity contribution in [2.24, 2.45) is 0 Å².